The normalized spacial score (nSPS) is 10.3. The maximum atomic E-state index is 11.8. The molecule has 0 unspecified atom stereocenters. The molecule has 0 aliphatic heterocycles. The number of nitrogen functional groups attached to an aromatic ring is 1. The third-order valence-corrected chi connectivity index (χ3v) is 4.35. The first-order valence-corrected chi connectivity index (χ1v) is 7.72. The molecule has 0 heterocycles. The Kier molecular flexibility index (Phi) is 4.90. The van der Waals surface area contributed by atoms with Gasteiger partial charge in [0.1, 0.15) is 0 Å². The van der Waals surface area contributed by atoms with Crippen molar-refractivity contribution in [2.75, 3.05) is 18.2 Å². The van der Waals surface area contributed by atoms with Crippen LogP contribution < -0.4 is 11.1 Å². The number of esters is 1. The first-order chi connectivity index (χ1) is 9.93. The quantitative estimate of drug-likeness (QED) is 0.568. The molecule has 2 aromatic carbocycles. The standard InChI is InChI=1S/C15H14Br2N2O2/c1-8-6-9(7-10(13(8)18)15(20)21-2)19-14-11(16)4-3-5-12(14)17/h3-7,19H,18H2,1-2H3. The molecule has 0 amide bonds. The minimum absolute atomic E-state index is 0.350. The lowest BCUT2D eigenvalue weighted by Crippen LogP contribution is -2.08. The molecule has 2 rings (SSSR count). The Morgan fingerprint density at radius 1 is 1.24 bits per heavy atom. The minimum Gasteiger partial charge on any atom is -0.465 e. The van der Waals surface area contributed by atoms with E-state index in [0.29, 0.717) is 11.3 Å². The summed E-state index contributed by atoms with van der Waals surface area (Å²) in [6, 6.07) is 9.35. The molecule has 0 aliphatic carbocycles. The van der Waals surface area contributed by atoms with Gasteiger partial charge in [-0.15, -0.1) is 0 Å². The van der Waals surface area contributed by atoms with Gasteiger partial charge in [-0.05, 0) is 68.6 Å². The molecule has 0 saturated heterocycles. The van der Waals surface area contributed by atoms with Crippen molar-refractivity contribution in [3.05, 3.63) is 50.4 Å². The molecule has 0 radical (unpaired) electrons. The average molecular weight is 414 g/mol. The second kappa shape index (κ2) is 6.49. The van der Waals surface area contributed by atoms with Crippen molar-refractivity contribution >= 4 is 54.9 Å². The zero-order valence-corrected chi connectivity index (χ0v) is 14.7. The Balaban J connectivity index is 2.46. The second-order valence-corrected chi connectivity index (χ2v) is 6.18. The second-order valence-electron chi connectivity index (χ2n) is 4.47. The van der Waals surface area contributed by atoms with Crippen molar-refractivity contribution < 1.29 is 9.53 Å². The average Bonchev–Trinajstić information content (AvgIpc) is 2.45. The fourth-order valence-corrected chi connectivity index (χ4v) is 3.11. The van der Waals surface area contributed by atoms with Gasteiger partial charge in [0.25, 0.3) is 0 Å². The largest absolute Gasteiger partial charge is 0.465 e. The number of benzene rings is 2. The number of para-hydroxylation sites is 1. The van der Waals surface area contributed by atoms with Crippen LogP contribution in [0.4, 0.5) is 17.1 Å². The van der Waals surface area contributed by atoms with Crippen molar-refractivity contribution in [3.8, 4) is 0 Å². The van der Waals surface area contributed by atoms with Gasteiger partial charge >= 0.3 is 5.97 Å². The van der Waals surface area contributed by atoms with Crippen LogP contribution in [-0.4, -0.2) is 13.1 Å². The molecule has 0 atom stereocenters. The highest BCUT2D eigenvalue weighted by atomic mass is 79.9. The summed E-state index contributed by atoms with van der Waals surface area (Å²) in [7, 11) is 1.33. The van der Waals surface area contributed by atoms with Crippen LogP contribution in [0.2, 0.25) is 0 Å². The number of methoxy groups -OCH3 is 1. The van der Waals surface area contributed by atoms with Crippen LogP contribution in [0, 0.1) is 6.92 Å². The van der Waals surface area contributed by atoms with Gasteiger partial charge in [-0.2, -0.15) is 0 Å². The molecule has 21 heavy (non-hydrogen) atoms. The Bertz CT molecular complexity index is 682. The van der Waals surface area contributed by atoms with Gasteiger partial charge in [0.05, 0.1) is 18.4 Å². The van der Waals surface area contributed by atoms with Crippen molar-refractivity contribution in [2.45, 2.75) is 6.92 Å². The van der Waals surface area contributed by atoms with Crippen LogP contribution >= 0.6 is 31.9 Å². The summed E-state index contributed by atoms with van der Waals surface area (Å²) in [5.74, 6) is -0.453. The van der Waals surface area contributed by atoms with Crippen LogP contribution in [0.1, 0.15) is 15.9 Å². The summed E-state index contributed by atoms with van der Waals surface area (Å²) >= 11 is 6.98. The third-order valence-electron chi connectivity index (χ3n) is 3.02. The summed E-state index contributed by atoms with van der Waals surface area (Å²) in [5.41, 5.74) is 9.15. The van der Waals surface area contributed by atoms with Crippen molar-refractivity contribution in [1.82, 2.24) is 0 Å². The zero-order chi connectivity index (χ0) is 15.6. The number of nitrogens with two attached hydrogens (primary N) is 1. The van der Waals surface area contributed by atoms with E-state index in [9.17, 15) is 4.79 Å². The molecule has 6 heteroatoms. The SMILES string of the molecule is COC(=O)c1cc(Nc2c(Br)cccc2Br)cc(C)c1N. The molecule has 0 aromatic heterocycles. The molecule has 110 valence electrons. The number of hydrogen-bond donors (Lipinski definition) is 2. The summed E-state index contributed by atoms with van der Waals surface area (Å²) in [5, 5.41) is 3.27. The predicted octanol–water partition coefficient (Wildman–Crippen LogP) is 4.63. The highest BCUT2D eigenvalue weighted by molar-refractivity contribution is 9.11. The molecular weight excluding hydrogens is 400 g/mol. The van der Waals surface area contributed by atoms with Crippen LogP contribution in [0.15, 0.2) is 39.3 Å². The van der Waals surface area contributed by atoms with E-state index in [1.807, 2.05) is 31.2 Å². The number of rotatable bonds is 3. The van der Waals surface area contributed by atoms with Crippen LogP contribution in [-0.2, 0) is 4.74 Å². The van der Waals surface area contributed by atoms with E-state index in [1.54, 1.807) is 6.07 Å². The van der Waals surface area contributed by atoms with Gasteiger partial charge in [-0.3, -0.25) is 0 Å². The van der Waals surface area contributed by atoms with E-state index >= 15 is 0 Å². The lowest BCUT2D eigenvalue weighted by Gasteiger charge is -2.14. The van der Waals surface area contributed by atoms with E-state index in [0.717, 1.165) is 25.9 Å². The molecule has 4 nitrogen and oxygen atoms in total. The fraction of sp³-hybridized carbons (Fsp3) is 0.133. The Morgan fingerprint density at radius 2 is 1.86 bits per heavy atom. The number of hydrogen-bond acceptors (Lipinski definition) is 4. The van der Waals surface area contributed by atoms with Crippen LogP contribution in [0.5, 0.6) is 0 Å². The molecule has 0 fully saturated rings. The van der Waals surface area contributed by atoms with Crippen LogP contribution in [0.25, 0.3) is 0 Å². The van der Waals surface area contributed by atoms with Crippen molar-refractivity contribution in [1.29, 1.82) is 0 Å². The van der Waals surface area contributed by atoms with E-state index < -0.39 is 5.97 Å². The van der Waals surface area contributed by atoms with E-state index in [-0.39, 0.29) is 0 Å². The molecule has 3 N–H and O–H groups in total. The zero-order valence-electron chi connectivity index (χ0n) is 11.5. The summed E-state index contributed by atoms with van der Waals surface area (Å²) in [4.78, 5) is 11.8. The van der Waals surface area contributed by atoms with Crippen LogP contribution in [0.3, 0.4) is 0 Å². The first-order valence-electron chi connectivity index (χ1n) is 6.13. The maximum Gasteiger partial charge on any atom is 0.340 e. The summed E-state index contributed by atoms with van der Waals surface area (Å²) in [6.45, 7) is 1.85. The molecule has 0 bridgehead atoms. The monoisotopic (exact) mass is 412 g/mol. The van der Waals surface area contributed by atoms with Gasteiger partial charge in [0, 0.05) is 20.3 Å². The number of nitrogens with one attached hydrogen (secondary N) is 1. The number of carbonyl (C=O) groups is 1. The van der Waals surface area contributed by atoms with Gasteiger partial charge in [-0.1, -0.05) is 6.07 Å². The molecule has 0 aliphatic rings. The van der Waals surface area contributed by atoms with Gasteiger partial charge < -0.3 is 15.8 Å². The summed E-state index contributed by atoms with van der Waals surface area (Å²) in [6.07, 6.45) is 0. The fourth-order valence-electron chi connectivity index (χ4n) is 1.91. The van der Waals surface area contributed by atoms with Crippen molar-refractivity contribution in [2.24, 2.45) is 0 Å². The lowest BCUT2D eigenvalue weighted by molar-refractivity contribution is 0.0602. The smallest absolute Gasteiger partial charge is 0.340 e. The molecule has 0 spiro atoms. The Hall–Kier alpha value is -1.53. The van der Waals surface area contributed by atoms with Gasteiger partial charge in [-0.25, -0.2) is 4.79 Å². The van der Waals surface area contributed by atoms with E-state index in [1.165, 1.54) is 7.11 Å². The van der Waals surface area contributed by atoms with Crippen molar-refractivity contribution in [3.63, 3.8) is 0 Å². The molecule has 2 aromatic rings. The summed E-state index contributed by atoms with van der Waals surface area (Å²) < 4.78 is 6.58. The minimum atomic E-state index is -0.453. The van der Waals surface area contributed by atoms with E-state index in [4.69, 9.17) is 10.5 Å². The van der Waals surface area contributed by atoms with Gasteiger partial charge in [0.2, 0.25) is 0 Å². The third kappa shape index (κ3) is 3.39. The first kappa shape index (κ1) is 15.9. The highest BCUT2D eigenvalue weighted by Gasteiger charge is 2.14. The number of aryl methyl sites for hydroxylation is 1. The van der Waals surface area contributed by atoms with E-state index in [2.05, 4.69) is 37.2 Å². The molecule has 0 saturated carbocycles. The van der Waals surface area contributed by atoms with Gasteiger partial charge in [0.15, 0.2) is 0 Å². The highest BCUT2D eigenvalue weighted by Crippen LogP contribution is 2.34. The maximum absolute atomic E-state index is 11.8. The molecular formula is C15H14Br2N2O2. The predicted molar refractivity (Wildman–Crippen MR) is 92.1 cm³/mol. The number of carbonyl (C=O) groups excluding carboxylic acids is 1. The number of anilines is 3. The number of ether oxygens (including phenoxy) is 1. The topological polar surface area (TPSA) is 64.3 Å². The Morgan fingerprint density at radius 3 is 2.43 bits per heavy atom. The number of halogens is 2. The Labute approximate surface area is 139 Å². The lowest BCUT2D eigenvalue weighted by atomic mass is 10.1.